The fraction of sp³-hybridized carbons (Fsp3) is 0.278. The summed E-state index contributed by atoms with van der Waals surface area (Å²) >= 11 is 6.17. The molecule has 2 aromatic heterocycles. The van der Waals surface area contributed by atoms with Gasteiger partial charge in [0, 0.05) is 24.6 Å². The number of furan rings is 1. The van der Waals surface area contributed by atoms with E-state index in [0.717, 1.165) is 11.4 Å². The molecule has 1 atom stereocenters. The van der Waals surface area contributed by atoms with Crippen molar-refractivity contribution in [1.29, 1.82) is 0 Å². The first-order valence-corrected chi connectivity index (χ1v) is 8.79. The van der Waals surface area contributed by atoms with Gasteiger partial charge in [0.1, 0.15) is 11.6 Å². The van der Waals surface area contributed by atoms with E-state index in [2.05, 4.69) is 15.5 Å². The van der Waals surface area contributed by atoms with Crippen LogP contribution in [0.4, 0.5) is 0 Å². The van der Waals surface area contributed by atoms with E-state index in [1.54, 1.807) is 22.8 Å². The van der Waals surface area contributed by atoms with Crippen molar-refractivity contribution in [3.63, 3.8) is 0 Å². The van der Waals surface area contributed by atoms with Gasteiger partial charge in [0.25, 0.3) is 5.91 Å². The average Bonchev–Trinajstić information content (AvgIpc) is 3.20. The van der Waals surface area contributed by atoms with Gasteiger partial charge < -0.3 is 9.73 Å². The molecule has 1 aliphatic heterocycles. The first-order chi connectivity index (χ1) is 12.6. The lowest BCUT2D eigenvalue weighted by molar-refractivity contribution is 0.0905. The van der Waals surface area contributed by atoms with E-state index in [9.17, 15) is 9.59 Å². The molecular weight excluding hydrogens is 356 g/mol. The highest BCUT2D eigenvalue weighted by Crippen LogP contribution is 2.29. The summed E-state index contributed by atoms with van der Waals surface area (Å²) in [5, 5.41) is 10.0. The zero-order chi connectivity index (χ0) is 18.1. The zero-order valence-corrected chi connectivity index (χ0v) is 14.6. The third-order valence-electron chi connectivity index (χ3n) is 4.56. The van der Waals surface area contributed by atoms with Crippen molar-refractivity contribution in [2.45, 2.75) is 31.8 Å². The van der Waals surface area contributed by atoms with E-state index in [4.69, 9.17) is 16.0 Å². The highest BCUT2D eigenvalue weighted by molar-refractivity contribution is 6.33. The molecule has 3 heterocycles. The van der Waals surface area contributed by atoms with E-state index >= 15 is 0 Å². The van der Waals surface area contributed by atoms with E-state index in [0.29, 0.717) is 36.6 Å². The molecule has 1 aromatic carbocycles. The molecule has 7 nitrogen and oxygen atoms in total. The van der Waals surface area contributed by atoms with Crippen LogP contribution >= 0.6 is 11.6 Å². The molecule has 0 bridgehead atoms. The molecule has 0 aliphatic carbocycles. The van der Waals surface area contributed by atoms with Gasteiger partial charge in [-0.25, -0.2) is 9.89 Å². The van der Waals surface area contributed by atoms with Gasteiger partial charge in [-0.2, -0.15) is 5.10 Å². The first-order valence-electron chi connectivity index (χ1n) is 8.41. The second-order valence-corrected chi connectivity index (χ2v) is 6.65. The molecular formula is C18H17ClN4O3. The largest absolute Gasteiger partial charge is 0.451 e. The Morgan fingerprint density at radius 2 is 2.12 bits per heavy atom. The van der Waals surface area contributed by atoms with Crippen LogP contribution in [0.1, 0.15) is 29.2 Å². The van der Waals surface area contributed by atoms with Crippen LogP contribution in [0, 0.1) is 0 Å². The number of nitrogens with zero attached hydrogens (tertiary/aromatic N) is 2. The molecule has 1 aliphatic rings. The Kier molecular flexibility index (Phi) is 4.38. The Balaban J connectivity index is 1.44. The molecule has 1 amide bonds. The van der Waals surface area contributed by atoms with E-state index < -0.39 is 0 Å². The van der Waals surface area contributed by atoms with Crippen LogP contribution in [0.5, 0.6) is 0 Å². The lowest BCUT2D eigenvalue weighted by atomic mass is 10.1. The summed E-state index contributed by atoms with van der Waals surface area (Å²) in [5.41, 5.74) is 0.537. The molecule has 0 radical (unpaired) electrons. The number of aromatic amines is 1. The maximum absolute atomic E-state index is 12.5. The maximum Gasteiger partial charge on any atom is 0.343 e. The zero-order valence-electron chi connectivity index (χ0n) is 13.9. The van der Waals surface area contributed by atoms with E-state index in [1.807, 2.05) is 18.2 Å². The number of hydrogen-bond acceptors (Lipinski definition) is 4. The number of aryl methyl sites for hydroxylation is 1. The van der Waals surface area contributed by atoms with Crippen molar-refractivity contribution in [1.82, 2.24) is 20.1 Å². The average molecular weight is 373 g/mol. The van der Waals surface area contributed by atoms with Crippen molar-refractivity contribution in [2.75, 3.05) is 0 Å². The monoisotopic (exact) mass is 372 g/mol. The lowest BCUT2D eigenvalue weighted by Crippen LogP contribution is -2.35. The van der Waals surface area contributed by atoms with Gasteiger partial charge in [0.15, 0.2) is 5.76 Å². The summed E-state index contributed by atoms with van der Waals surface area (Å²) in [6.07, 6.45) is 2.01. The minimum atomic E-state index is -0.276. The molecule has 2 N–H and O–H groups in total. The molecule has 0 saturated heterocycles. The fourth-order valence-corrected chi connectivity index (χ4v) is 3.40. The Morgan fingerprint density at radius 1 is 1.27 bits per heavy atom. The van der Waals surface area contributed by atoms with Crippen molar-refractivity contribution in [3.05, 3.63) is 63.5 Å². The van der Waals surface area contributed by atoms with Gasteiger partial charge >= 0.3 is 5.69 Å². The van der Waals surface area contributed by atoms with Crippen molar-refractivity contribution < 1.29 is 9.21 Å². The van der Waals surface area contributed by atoms with Crippen LogP contribution in [0.25, 0.3) is 11.3 Å². The van der Waals surface area contributed by atoms with Crippen LogP contribution in [0.15, 0.2) is 45.6 Å². The Bertz CT molecular complexity index is 1000. The number of halogens is 1. The molecule has 0 saturated carbocycles. The van der Waals surface area contributed by atoms with Crippen LogP contribution in [0.2, 0.25) is 5.02 Å². The predicted molar refractivity (Wildman–Crippen MR) is 96.2 cm³/mol. The van der Waals surface area contributed by atoms with Gasteiger partial charge in [0.05, 0.1) is 5.02 Å². The van der Waals surface area contributed by atoms with Crippen LogP contribution in [-0.2, 0) is 13.0 Å². The summed E-state index contributed by atoms with van der Waals surface area (Å²) in [7, 11) is 0. The highest BCUT2D eigenvalue weighted by atomic mass is 35.5. The summed E-state index contributed by atoms with van der Waals surface area (Å²) in [4.78, 5) is 24.2. The topological polar surface area (TPSA) is 92.9 Å². The molecule has 3 aromatic rings. The Morgan fingerprint density at radius 3 is 2.96 bits per heavy atom. The molecule has 8 heteroatoms. The number of amides is 1. The Labute approximate surface area is 154 Å². The minimum Gasteiger partial charge on any atom is -0.451 e. The lowest BCUT2D eigenvalue weighted by Gasteiger charge is -2.14. The van der Waals surface area contributed by atoms with Crippen LogP contribution < -0.4 is 11.0 Å². The number of benzene rings is 1. The molecule has 0 spiro atoms. The minimum absolute atomic E-state index is 0.0440. The van der Waals surface area contributed by atoms with Crippen LogP contribution in [-0.4, -0.2) is 26.7 Å². The quantitative estimate of drug-likeness (QED) is 0.739. The summed E-state index contributed by atoms with van der Waals surface area (Å²) < 4.78 is 7.30. The number of fused-ring (bicyclic) bond motifs is 1. The van der Waals surface area contributed by atoms with Gasteiger partial charge in [0.2, 0.25) is 0 Å². The van der Waals surface area contributed by atoms with Crippen molar-refractivity contribution in [2.24, 2.45) is 0 Å². The number of rotatable bonds is 3. The summed E-state index contributed by atoms with van der Waals surface area (Å²) in [6.45, 7) is 0.526. The molecule has 4 rings (SSSR count). The maximum atomic E-state index is 12.5. The molecule has 0 fully saturated rings. The normalized spacial score (nSPS) is 16.7. The number of hydrogen-bond donors (Lipinski definition) is 2. The van der Waals surface area contributed by atoms with Crippen molar-refractivity contribution in [3.8, 4) is 11.3 Å². The summed E-state index contributed by atoms with van der Waals surface area (Å²) in [6, 6.07) is 10.6. The predicted octanol–water partition coefficient (Wildman–Crippen LogP) is 2.62. The second kappa shape index (κ2) is 6.84. The smallest absolute Gasteiger partial charge is 0.343 e. The third kappa shape index (κ3) is 3.17. The van der Waals surface area contributed by atoms with Gasteiger partial charge in [-0.05, 0) is 37.1 Å². The molecule has 26 heavy (non-hydrogen) atoms. The number of aromatic nitrogens is 3. The highest BCUT2D eigenvalue weighted by Gasteiger charge is 2.22. The number of H-pyrrole nitrogens is 1. The number of carbonyl (C=O) groups is 1. The second-order valence-electron chi connectivity index (χ2n) is 6.24. The summed E-state index contributed by atoms with van der Waals surface area (Å²) in [5.74, 6) is 1.24. The third-order valence-corrected chi connectivity index (χ3v) is 4.89. The van der Waals surface area contributed by atoms with E-state index in [1.165, 1.54) is 0 Å². The van der Waals surface area contributed by atoms with Gasteiger partial charge in [-0.15, -0.1) is 0 Å². The van der Waals surface area contributed by atoms with Gasteiger partial charge in [-0.1, -0.05) is 23.7 Å². The molecule has 134 valence electrons. The van der Waals surface area contributed by atoms with Crippen molar-refractivity contribution >= 4 is 17.5 Å². The first kappa shape index (κ1) is 16.7. The van der Waals surface area contributed by atoms with Crippen LogP contribution in [0.3, 0.4) is 0 Å². The fourth-order valence-electron chi connectivity index (χ4n) is 3.17. The number of nitrogens with one attached hydrogen (secondary N) is 2. The van der Waals surface area contributed by atoms with Gasteiger partial charge in [-0.3, -0.25) is 9.36 Å². The Hall–Kier alpha value is -2.80. The van der Waals surface area contributed by atoms with E-state index in [-0.39, 0.29) is 23.4 Å². The molecule has 1 unspecified atom stereocenters. The number of carbonyl (C=O) groups excluding carboxylic acids is 1. The standard InChI is InChI=1S/C18H17ClN4O3/c19-13-4-2-1-3-12(13)14-6-7-15(26-14)17(24)20-11-5-8-16-21-22-18(25)23(16)10-9-11/h1-4,6-7,11H,5,8-10H2,(H,20,24)(H,22,25). The SMILES string of the molecule is O=C(NC1CCc2n[nH]c(=O)n2CC1)c1ccc(-c2ccccc2Cl)o1.